The molecule has 0 radical (unpaired) electrons. The van der Waals surface area contributed by atoms with Gasteiger partial charge in [0.05, 0.1) is 23.8 Å². The van der Waals surface area contributed by atoms with E-state index in [4.69, 9.17) is 5.73 Å². The van der Waals surface area contributed by atoms with Gasteiger partial charge in [-0.3, -0.25) is 14.5 Å². The number of benzene rings is 3. The number of nitrogens with two attached hydrogens (primary N) is 1. The summed E-state index contributed by atoms with van der Waals surface area (Å²) in [5.41, 5.74) is 8.85. The summed E-state index contributed by atoms with van der Waals surface area (Å²) in [5.74, 6) is -1.93. The molecule has 0 spiro atoms. The number of nitrogens with one attached hydrogen (secondary N) is 2. The maximum Gasteiger partial charge on any atom is 0.251 e. The summed E-state index contributed by atoms with van der Waals surface area (Å²) in [6.07, 6.45) is 0.527. The van der Waals surface area contributed by atoms with Crippen molar-refractivity contribution in [3.63, 3.8) is 0 Å². The molecule has 3 aromatic rings. The largest absolute Gasteiger partial charge is 0.397 e. The highest BCUT2D eigenvalue weighted by atomic mass is 19.3. The average molecular weight is 509 g/mol. The van der Waals surface area contributed by atoms with Gasteiger partial charge in [-0.05, 0) is 53.6 Å². The molecule has 3 aromatic carbocycles. The predicted molar refractivity (Wildman–Crippen MR) is 139 cm³/mol. The smallest absolute Gasteiger partial charge is 0.251 e. The van der Waals surface area contributed by atoms with E-state index in [1.807, 2.05) is 12.1 Å². The van der Waals surface area contributed by atoms with Crippen LogP contribution in [0.15, 0.2) is 78.9 Å². The van der Waals surface area contributed by atoms with Crippen LogP contribution in [0.5, 0.6) is 0 Å². The molecule has 0 aliphatic carbocycles. The molecule has 1 aliphatic rings. The Morgan fingerprint density at radius 1 is 0.973 bits per heavy atom. The number of nitrogen functional groups attached to an aromatic ring is 1. The van der Waals surface area contributed by atoms with Crippen LogP contribution in [0.25, 0.3) is 6.08 Å². The van der Waals surface area contributed by atoms with Gasteiger partial charge >= 0.3 is 0 Å². The summed E-state index contributed by atoms with van der Waals surface area (Å²) >= 11 is 0. The van der Waals surface area contributed by atoms with Gasteiger partial charge in [-0.1, -0.05) is 36.4 Å². The second-order valence-electron chi connectivity index (χ2n) is 8.90. The third-order valence-corrected chi connectivity index (χ3v) is 6.25. The van der Waals surface area contributed by atoms with E-state index in [1.54, 1.807) is 47.4 Å². The van der Waals surface area contributed by atoms with Gasteiger partial charge in [0.15, 0.2) is 0 Å². The summed E-state index contributed by atoms with van der Waals surface area (Å²) in [6.45, 7) is 0.0765. The van der Waals surface area contributed by atoms with E-state index in [2.05, 4.69) is 10.6 Å². The number of amides is 2. The number of likely N-dealkylation sites (tertiary alicyclic amines) is 1. The molecule has 0 aromatic heterocycles. The summed E-state index contributed by atoms with van der Waals surface area (Å²) in [7, 11) is 0. The molecule has 1 fully saturated rings. The quantitative estimate of drug-likeness (QED) is 0.296. The number of hydrogen-bond acceptors (Lipinski definition) is 4. The molecule has 9 heteroatoms. The van der Waals surface area contributed by atoms with Crippen molar-refractivity contribution in [1.29, 1.82) is 0 Å². The molecular weight excluding hydrogens is 481 g/mol. The monoisotopic (exact) mass is 508 g/mol. The molecule has 2 unspecified atom stereocenters. The second kappa shape index (κ2) is 11.7. The summed E-state index contributed by atoms with van der Waals surface area (Å²) in [6, 6.07) is 19.6. The van der Waals surface area contributed by atoms with Crippen LogP contribution in [0.3, 0.4) is 0 Å². The van der Waals surface area contributed by atoms with E-state index >= 15 is 0 Å². The van der Waals surface area contributed by atoms with Gasteiger partial charge in [0.25, 0.3) is 6.43 Å². The van der Waals surface area contributed by atoms with Crippen LogP contribution in [0, 0.1) is 11.7 Å². The third-order valence-electron chi connectivity index (χ3n) is 6.25. The van der Waals surface area contributed by atoms with E-state index in [9.17, 15) is 22.8 Å². The number of para-hydroxylation sites is 2. The maximum atomic E-state index is 13.2. The maximum absolute atomic E-state index is 13.2. The molecule has 1 aliphatic heterocycles. The fraction of sp³-hybridized carbons (Fsp3) is 0.214. The van der Waals surface area contributed by atoms with Crippen molar-refractivity contribution in [3.8, 4) is 0 Å². The van der Waals surface area contributed by atoms with Crippen LogP contribution in [-0.2, 0) is 9.59 Å². The average Bonchev–Trinajstić information content (AvgIpc) is 3.29. The normalized spacial score (nSPS) is 17.8. The van der Waals surface area contributed by atoms with Crippen molar-refractivity contribution in [2.75, 3.05) is 36.0 Å². The standard InChI is InChI=1S/C28H27F3N4O2/c29-20-10-12-21(13-11-20)33-28(37)23-16-35(17-26(30)31)15-22(23)19-8-5-18(6-9-19)7-14-27(36)34-25-4-2-1-3-24(25)32/h1-14,22-23,26H,15-17,32H2,(H,33,37)(H,34,36). The van der Waals surface area contributed by atoms with Crippen molar-refractivity contribution < 1.29 is 22.8 Å². The lowest BCUT2D eigenvalue weighted by molar-refractivity contribution is -0.120. The zero-order valence-corrected chi connectivity index (χ0v) is 19.9. The number of halogens is 3. The Labute approximate surface area is 213 Å². The Balaban J connectivity index is 1.45. The SMILES string of the molecule is Nc1ccccc1NC(=O)C=Cc1ccc(C2CN(CC(F)F)CC2C(=O)Nc2ccc(F)cc2)cc1. The molecule has 1 heterocycles. The minimum absolute atomic E-state index is 0.187. The van der Waals surface area contributed by atoms with E-state index in [0.29, 0.717) is 23.6 Å². The number of hydrogen-bond donors (Lipinski definition) is 3. The molecule has 2 atom stereocenters. The Kier molecular flexibility index (Phi) is 8.25. The van der Waals surface area contributed by atoms with E-state index in [0.717, 1.165) is 11.1 Å². The lowest BCUT2D eigenvalue weighted by atomic mass is 9.88. The number of anilines is 3. The van der Waals surface area contributed by atoms with Gasteiger partial charge in [-0.2, -0.15) is 0 Å². The Hall–Kier alpha value is -4.11. The highest BCUT2D eigenvalue weighted by Crippen LogP contribution is 2.34. The number of carbonyl (C=O) groups is 2. The highest BCUT2D eigenvalue weighted by Gasteiger charge is 2.39. The van der Waals surface area contributed by atoms with Crippen molar-refractivity contribution >= 4 is 35.0 Å². The molecule has 192 valence electrons. The van der Waals surface area contributed by atoms with Crippen LogP contribution in [0.2, 0.25) is 0 Å². The molecule has 4 rings (SSSR count). The second-order valence-corrected chi connectivity index (χ2v) is 8.90. The van der Waals surface area contributed by atoms with Crippen molar-refractivity contribution in [3.05, 3.63) is 95.8 Å². The molecule has 2 amide bonds. The Bertz CT molecular complexity index is 1260. The van der Waals surface area contributed by atoms with Gasteiger partial charge in [0.1, 0.15) is 5.82 Å². The lowest BCUT2D eigenvalue weighted by Gasteiger charge is -2.19. The predicted octanol–water partition coefficient (Wildman–Crippen LogP) is 4.98. The molecular formula is C28H27F3N4O2. The first-order chi connectivity index (χ1) is 17.8. The number of carbonyl (C=O) groups excluding carboxylic acids is 2. The van der Waals surface area contributed by atoms with Crippen molar-refractivity contribution in [1.82, 2.24) is 4.90 Å². The van der Waals surface area contributed by atoms with Crippen molar-refractivity contribution in [2.24, 2.45) is 5.92 Å². The van der Waals surface area contributed by atoms with Crippen LogP contribution in [0.1, 0.15) is 17.0 Å². The van der Waals surface area contributed by atoms with Gasteiger partial charge < -0.3 is 16.4 Å². The van der Waals surface area contributed by atoms with Crippen LogP contribution < -0.4 is 16.4 Å². The van der Waals surface area contributed by atoms with Crippen LogP contribution in [-0.4, -0.2) is 42.8 Å². The van der Waals surface area contributed by atoms with Gasteiger partial charge in [-0.25, -0.2) is 13.2 Å². The van der Waals surface area contributed by atoms with E-state index < -0.39 is 24.7 Å². The molecule has 1 saturated heterocycles. The Morgan fingerprint density at radius 2 is 1.68 bits per heavy atom. The molecule has 6 nitrogen and oxygen atoms in total. The molecule has 0 bridgehead atoms. The van der Waals surface area contributed by atoms with E-state index in [-0.39, 0.29) is 24.3 Å². The topological polar surface area (TPSA) is 87.5 Å². The first-order valence-electron chi connectivity index (χ1n) is 11.8. The summed E-state index contributed by atoms with van der Waals surface area (Å²) < 4.78 is 39.3. The van der Waals surface area contributed by atoms with Gasteiger partial charge in [0.2, 0.25) is 11.8 Å². The fourth-order valence-corrected chi connectivity index (χ4v) is 4.41. The number of alkyl halides is 2. The zero-order chi connectivity index (χ0) is 26.4. The number of rotatable bonds is 8. The molecule has 37 heavy (non-hydrogen) atoms. The van der Waals surface area contributed by atoms with Crippen LogP contribution >= 0.6 is 0 Å². The third kappa shape index (κ3) is 6.98. The van der Waals surface area contributed by atoms with Crippen LogP contribution in [0.4, 0.5) is 30.2 Å². The van der Waals surface area contributed by atoms with Gasteiger partial charge in [-0.15, -0.1) is 0 Å². The van der Waals surface area contributed by atoms with E-state index in [1.165, 1.54) is 30.3 Å². The number of nitrogens with zero attached hydrogens (tertiary/aromatic N) is 1. The zero-order valence-electron chi connectivity index (χ0n) is 19.9. The lowest BCUT2D eigenvalue weighted by Crippen LogP contribution is -2.30. The highest BCUT2D eigenvalue weighted by molar-refractivity contribution is 6.03. The van der Waals surface area contributed by atoms with Gasteiger partial charge in [0, 0.05) is 30.8 Å². The van der Waals surface area contributed by atoms with Crippen molar-refractivity contribution in [2.45, 2.75) is 12.3 Å². The first kappa shape index (κ1) is 26.0. The summed E-state index contributed by atoms with van der Waals surface area (Å²) in [5, 5.41) is 5.48. The fourth-order valence-electron chi connectivity index (χ4n) is 4.41. The first-order valence-corrected chi connectivity index (χ1v) is 11.8. The molecule has 4 N–H and O–H groups in total. The Morgan fingerprint density at radius 3 is 2.35 bits per heavy atom. The summed E-state index contributed by atoms with van der Waals surface area (Å²) in [4.78, 5) is 26.9. The molecule has 0 saturated carbocycles. The minimum atomic E-state index is -2.51. The minimum Gasteiger partial charge on any atom is -0.397 e.